The Labute approximate surface area is 359 Å². The molecule has 3 atom stereocenters. The van der Waals surface area contributed by atoms with Crippen molar-refractivity contribution in [2.75, 3.05) is 68.8 Å². The molecule has 0 saturated carbocycles. The number of anilines is 2. The average Bonchev–Trinajstić information content (AvgIpc) is 4.12. The van der Waals surface area contributed by atoms with Gasteiger partial charge in [-0.15, -0.1) is 6.42 Å². The van der Waals surface area contributed by atoms with Crippen molar-refractivity contribution in [3.63, 3.8) is 0 Å². The van der Waals surface area contributed by atoms with Crippen LogP contribution in [0.25, 0.3) is 32.9 Å². The lowest BCUT2D eigenvalue weighted by Crippen LogP contribution is -2.44. The maximum absolute atomic E-state index is 16.9. The third kappa shape index (κ3) is 7.87. The highest BCUT2D eigenvalue weighted by molar-refractivity contribution is 6.03. The normalized spacial score (nSPS) is 22.4. The number of piperidine rings is 2. The van der Waals surface area contributed by atoms with Crippen LogP contribution in [0.2, 0.25) is 0 Å². The first kappa shape index (κ1) is 40.5. The highest BCUT2D eigenvalue weighted by Gasteiger charge is 2.40. The number of carbonyl (C=O) groups is 1. The number of amides is 1. The van der Waals surface area contributed by atoms with Crippen LogP contribution < -0.4 is 19.9 Å². The van der Waals surface area contributed by atoms with Crippen molar-refractivity contribution in [1.29, 1.82) is 0 Å². The van der Waals surface area contributed by atoms with Crippen LogP contribution in [0.5, 0.6) is 11.8 Å². The van der Waals surface area contributed by atoms with Crippen molar-refractivity contribution >= 4 is 39.2 Å². The van der Waals surface area contributed by atoms with Gasteiger partial charge in [-0.2, -0.15) is 9.97 Å². The number of hydrogen-bond donors (Lipinski definition) is 2. The summed E-state index contributed by atoms with van der Waals surface area (Å²) in [6, 6.07) is 8.41. The van der Waals surface area contributed by atoms with Crippen molar-refractivity contribution < 1.29 is 27.9 Å². The molecule has 13 nitrogen and oxygen atoms in total. The molecule has 2 N–H and O–H groups in total. The Kier molecular flexibility index (Phi) is 11.1. The largest absolute Gasteiger partial charge is 0.508 e. The second-order valence-corrected chi connectivity index (χ2v) is 18.0. The second-order valence-electron chi connectivity index (χ2n) is 18.0. The minimum atomic E-state index is -0.728. The van der Waals surface area contributed by atoms with Crippen molar-refractivity contribution in [3.8, 4) is 35.4 Å². The number of halogens is 2. The molecule has 5 fully saturated rings. The van der Waals surface area contributed by atoms with E-state index < -0.39 is 11.6 Å². The van der Waals surface area contributed by atoms with Crippen molar-refractivity contribution in [2.24, 2.45) is 11.8 Å². The molecule has 10 rings (SSSR count). The van der Waals surface area contributed by atoms with Crippen LogP contribution in [-0.4, -0.2) is 118 Å². The zero-order valence-corrected chi connectivity index (χ0v) is 35.2. The molecule has 3 aromatic heterocycles. The van der Waals surface area contributed by atoms with Crippen LogP contribution in [0.4, 0.5) is 20.4 Å². The second kappa shape index (κ2) is 16.9. The molecule has 5 aromatic rings. The number of likely N-dealkylation sites (tertiary alicyclic amines) is 2. The first-order chi connectivity index (χ1) is 30.2. The van der Waals surface area contributed by atoms with Gasteiger partial charge in [0.1, 0.15) is 41.0 Å². The summed E-state index contributed by atoms with van der Waals surface area (Å²) in [6.45, 7) is 9.37. The van der Waals surface area contributed by atoms with E-state index in [4.69, 9.17) is 20.7 Å². The number of hydrogen-bond acceptors (Lipinski definition) is 12. The summed E-state index contributed by atoms with van der Waals surface area (Å²) in [7, 11) is 0. The number of benzene rings is 2. The van der Waals surface area contributed by atoms with Gasteiger partial charge >= 0.3 is 6.01 Å². The quantitative estimate of drug-likeness (QED) is 0.145. The summed E-state index contributed by atoms with van der Waals surface area (Å²) in [6.07, 6.45) is 16.4. The van der Waals surface area contributed by atoms with Gasteiger partial charge in [-0.3, -0.25) is 14.7 Å². The maximum atomic E-state index is 16.9. The van der Waals surface area contributed by atoms with Gasteiger partial charge in [0.15, 0.2) is 11.6 Å². The van der Waals surface area contributed by atoms with Crippen LogP contribution in [0.15, 0.2) is 41.1 Å². The van der Waals surface area contributed by atoms with E-state index in [9.17, 15) is 14.3 Å². The minimum Gasteiger partial charge on any atom is -0.508 e. The molecule has 5 aliphatic heterocycles. The number of piperazine rings is 1. The Bertz CT molecular complexity index is 2530. The van der Waals surface area contributed by atoms with Crippen molar-refractivity contribution in [3.05, 3.63) is 59.5 Å². The third-order valence-electron chi connectivity index (χ3n) is 14.1. The van der Waals surface area contributed by atoms with Crippen molar-refractivity contribution in [2.45, 2.75) is 82.8 Å². The zero-order valence-electron chi connectivity index (χ0n) is 35.2. The number of fused-ring (bicyclic) bond motifs is 4. The Morgan fingerprint density at radius 1 is 1.05 bits per heavy atom. The average molecular weight is 846 g/mol. The molecule has 324 valence electrons. The summed E-state index contributed by atoms with van der Waals surface area (Å²) in [5.41, 5.74) is 0.0749. The molecule has 2 bridgehead atoms. The topological polar surface area (TPSA) is 136 Å². The third-order valence-corrected chi connectivity index (χ3v) is 14.1. The SMILES string of the molecule is C#Cc1c(F)ccc2cc(O)cc(-c3ncc4c(N5C[C@@H]6CC5CN6)nc(OCCN5CCC(CC6CCN(c7cc(CC(=O)N8CCCC8C)on7)CC6)CC5)nc4c3F)c12. The van der Waals surface area contributed by atoms with Crippen LogP contribution in [0.3, 0.4) is 0 Å². The number of nitrogens with zero attached hydrogens (tertiary/aromatic N) is 8. The lowest BCUT2D eigenvalue weighted by molar-refractivity contribution is -0.131. The number of phenols is 1. The van der Waals surface area contributed by atoms with Crippen LogP contribution >= 0.6 is 0 Å². The van der Waals surface area contributed by atoms with E-state index in [1.807, 2.05) is 11.0 Å². The van der Waals surface area contributed by atoms with Gasteiger partial charge in [-0.05, 0) is 107 Å². The Morgan fingerprint density at radius 2 is 1.85 bits per heavy atom. The predicted molar refractivity (Wildman–Crippen MR) is 232 cm³/mol. The molecule has 0 aliphatic carbocycles. The molecular weight excluding hydrogens is 793 g/mol. The van der Waals surface area contributed by atoms with Gasteiger partial charge in [0.05, 0.1) is 17.4 Å². The molecule has 1 amide bonds. The number of aromatic hydroxyl groups is 1. The fraction of sp³-hybridized carbons (Fsp3) is 0.511. The molecular formula is C47H53F2N9O4. The Hall–Kier alpha value is -5.59. The van der Waals surface area contributed by atoms with Gasteiger partial charge in [-0.25, -0.2) is 8.78 Å². The van der Waals surface area contributed by atoms with E-state index in [-0.39, 0.29) is 57.9 Å². The summed E-state index contributed by atoms with van der Waals surface area (Å²) in [5.74, 6) is 4.46. The molecule has 15 heteroatoms. The highest BCUT2D eigenvalue weighted by atomic mass is 19.1. The zero-order chi connectivity index (χ0) is 42.5. The van der Waals surface area contributed by atoms with Gasteiger partial charge in [-0.1, -0.05) is 17.1 Å². The lowest BCUT2D eigenvalue weighted by Gasteiger charge is -2.36. The van der Waals surface area contributed by atoms with Crippen LogP contribution in [0.1, 0.15) is 69.6 Å². The molecule has 62 heavy (non-hydrogen) atoms. The standard InChI is InChI=1S/C47H53F2N9O4/c1-3-36-39(48)7-6-31-20-34(59)22-37(42(31)36)44-43(49)45-38(26-51-44)46(58-27-32-21-33(58)25-50-32)53-47(52-45)61-18-17-55-13-8-29(9-14-55)19-30-10-15-56(16-11-30)40-23-35(62-54-40)24-41(60)57-12-4-5-28(57)2/h1,6-7,20,22-23,26,28-30,32-33,50,59H,4-5,8-19,21,24-25,27H2,2H3/t28?,32-,33?/m0/s1. The first-order valence-corrected chi connectivity index (χ1v) is 22.3. The van der Waals surface area contributed by atoms with E-state index in [1.54, 1.807) is 6.20 Å². The number of nitrogens with one attached hydrogen (secondary N) is 1. The maximum Gasteiger partial charge on any atom is 0.319 e. The fourth-order valence-electron chi connectivity index (χ4n) is 10.7. The van der Waals surface area contributed by atoms with E-state index in [0.29, 0.717) is 59.4 Å². The van der Waals surface area contributed by atoms with Gasteiger partial charge in [0.2, 0.25) is 5.91 Å². The highest BCUT2D eigenvalue weighted by Crippen LogP contribution is 2.40. The number of ether oxygens (including phenoxy) is 1. The smallest absolute Gasteiger partial charge is 0.319 e. The number of pyridine rings is 1. The number of terminal acetylenes is 1. The van der Waals surface area contributed by atoms with E-state index in [0.717, 1.165) is 96.6 Å². The molecule has 0 radical (unpaired) electrons. The summed E-state index contributed by atoms with van der Waals surface area (Å²) < 4.78 is 43.7. The summed E-state index contributed by atoms with van der Waals surface area (Å²) >= 11 is 0. The molecule has 5 aliphatic rings. The van der Waals surface area contributed by atoms with Crippen molar-refractivity contribution in [1.82, 2.24) is 35.2 Å². The summed E-state index contributed by atoms with van der Waals surface area (Å²) in [4.78, 5) is 35.6. The molecule has 8 heterocycles. The monoisotopic (exact) mass is 845 g/mol. The predicted octanol–water partition coefficient (Wildman–Crippen LogP) is 6.30. The van der Waals surface area contributed by atoms with Crippen LogP contribution in [0, 0.1) is 35.8 Å². The molecule has 2 aromatic carbocycles. The molecule has 5 saturated heterocycles. The van der Waals surface area contributed by atoms with Gasteiger partial charge < -0.3 is 34.4 Å². The Balaban J connectivity index is 0.766. The lowest BCUT2D eigenvalue weighted by atomic mass is 9.83. The minimum absolute atomic E-state index is 0.0343. The number of carbonyl (C=O) groups excluding carboxylic acids is 1. The van der Waals surface area contributed by atoms with Gasteiger partial charge in [0, 0.05) is 80.6 Å². The van der Waals surface area contributed by atoms with Crippen LogP contribution in [-0.2, 0) is 11.2 Å². The number of phenolic OH excluding ortho intramolecular Hbond substituents is 1. The van der Waals surface area contributed by atoms with E-state index in [1.165, 1.54) is 30.7 Å². The van der Waals surface area contributed by atoms with E-state index >= 15 is 4.39 Å². The number of rotatable bonds is 11. The first-order valence-electron chi connectivity index (χ1n) is 22.3. The summed E-state index contributed by atoms with van der Waals surface area (Å²) in [5, 5.41) is 19.7. The fourth-order valence-corrected chi connectivity index (χ4v) is 10.7. The van der Waals surface area contributed by atoms with Gasteiger partial charge in [0.25, 0.3) is 0 Å². The number of aromatic nitrogens is 4. The van der Waals surface area contributed by atoms with E-state index in [2.05, 4.69) is 48.0 Å². The molecule has 2 unspecified atom stereocenters. The molecule has 0 spiro atoms. The Morgan fingerprint density at radius 3 is 2.58 bits per heavy atom.